The van der Waals surface area contributed by atoms with Gasteiger partial charge in [0.2, 0.25) is 0 Å². The van der Waals surface area contributed by atoms with Gasteiger partial charge in [-0.25, -0.2) is 4.79 Å². The van der Waals surface area contributed by atoms with Crippen molar-refractivity contribution in [1.29, 1.82) is 0 Å². The molecule has 2 rings (SSSR count). The highest BCUT2D eigenvalue weighted by molar-refractivity contribution is 5.74. The van der Waals surface area contributed by atoms with E-state index in [0.29, 0.717) is 6.04 Å². The Balaban J connectivity index is 1.82. The predicted octanol–water partition coefficient (Wildman–Crippen LogP) is 2.25. The summed E-state index contributed by atoms with van der Waals surface area (Å²) in [7, 11) is 1.99. The van der Waals surface area contributed by atoms with E-state index in [-0.39, 0.29) is 6.03 Å². The molecule has 2 heterocycles. The first kappa shape index (κ1) is 14.6. The SMILES string of the molecule is CCN1CCC(N(C)C(=O)N2CCC(C)CC2)CC1. The fourth-order valence-electron chi connectivity index (χ4n) is 3.20. The number of carbonyl (C=O) groups is 1. The molecule has 2 amide bonds. The van der Waals surface area contributed by atoms with E-state index in [9.17, 15) is 4.79 Å². The van der Waals surface area contributed by atoms with Gasteiger partial charge < -0.3 is 14.7 Å². The van der Waals surface area contributed by atoms with Gasteiger partial charge in [-0.3, -0.25) is 0 Å². The van der Waals surface area contributed by atoms with Gasteiger partial charge in [0, 0.05) is 39.3 Å². The molecule has 0 saturated carbocycles. The van der Waals surface area contributed by atoms with Crippen LogP contribution in [-0.2, 0) is 0 Å². The van der Waals surface area contributed by atoms with Gasteiger partial charge in [-0.05, 0) is 38.1 Å². The molecule has 0 aliphatic carbocycles. The predicted molar refractivity (Wildman–Crippen MR) is 78.3 cm³/mol. The van der Waals surface area contributed by atoms with Crippen LogP contribution in [0.15, 0.2) is 0 Å². The first-order valence-electron chi connectivity index (χ1n) is 7.86. The molecule has 4 nitrogen and oxygen atoms in total. The van der Waals surface area contributed by atoms with Crippen molar-refractivity contribution in [1.82, 2.24) is 14.7 Å². The average Bonchev–Trinajstić information content (AvgIpc) is 2.46. The van der Waals surface area contributed by atoms with Gasteiger partial charge in [0.1, 0.15) is 0 Å². The molecule has 2 aliphatic heterocycles. The average molecular weight is 267 g/mol. The molecular formula is C15H29N3O. The van der Waals surface area contributed by atoms with Gasteiger partial charge in [0.05, 0.1) is 0 Å². The highest BCUT2D eigenvalue weighted by Gasteiger charge is 2.29. The number of carbonyl (C=O) groups excluding carboxylic acids is 1. The third-order valence-electron chi connectivity index (χ3n) is 4.91. The molecule has 2 fully saturated rings. The lowest BCUT2D eigenvalue weighted by molar-refractivity contribution is 0.103. The molecule has 0 unspecified atom stereocenters. The van der Waals surface area contributed by atoms with Crippen molar-refractivity contribution in [3.63, 3.8) is 0 Å². The fourth-order valence-corrected chi connectivity index (χ4v) is 3.20. The Morgan fingerprint density at radius 3 is 2.21 bits per heavy atom. The van der Waals surface area contributed by atoms with Crippen molar-refractivity contribution in [2.24, 2.45) is 5.92 Å². The van der Waals surface area contributed by atoms with E-state index in [1.165, 1.54) is 0 Å². The first-order chi connectivity index (χ1) is 9.11. The van der Waals surface area contributed by atoms with E-state index in [4.69, 9.17) is 0 Å². The molecule has 0 atom stereocenters. The van der Waals surface area contributed by atoms with Crippen molar-refractivity contribution >= 4 is 6.03 Å². The van der Waals surface area contributed by atoms with Gasteiger partial charge in [-0.15, -0.1) is 0 Å². The van der Waals surface area contributed by atoms with Crippen LogP contribution in [0.4, 0.5) is 4.79 Å². The standard InChI is InChI=1S/C15H29N3O/c1-4-17-9-7-14(8-10-17)16(3)15(19)18-11-5-13(2)6-12-18/h13-14H,4-12H2,1-3H3. The number of piperidine rings is 2. The second-order valence-electron chi connectivity index (χ2n) is 6.23. The molecule has 0 bridgehead atoms. The molecule has 0 aromatic rings. The summed E-state index contributed by atoms with van der Waals surface area (Å²) in [4.78, 5) is 19.0. The summed E-state index contributed by atoms with van der Waals surface area (Å²) in [5.74, 6) is 0.780. The minimum absolute atomic E-state index is 0.252. The van der Waals surface area contributed by atoms with Crippen LogP contribution < -0.4 is 0 Å². The summed E-state index contributed by atoms with van der Waals surface area (Å²) >= 11 is 0. The Bertz CT molecular complexity index is 292. The normalized spacial score (nSPS) is 23.6. The molecule has 2 aliphatic rings. The van der Waals surface area contributed by atoms with Crippen LogP contribution >= 0.6 is 0 Å². The van der Waals surface area contributed by atoms with Crippen LogP contribution in [0, 0.1) is 5.92 Å². The smallest absolute Gasteiger partial charge is 0.319 e. The van der Waals surface area contributed by atoms with Gasteiger partial charge in [-0.2, -0.15) is 0 Å². The summed E-state index contributed by atoms with van der Waals surface area (Å²) in [6, 6.07) is 0.691. The van der Waals surface area contributed by atoms with Crippen LogP contribution in [0.5, 0.6) is 0 Å². The number of rotatable bonds is 2. The summed E-state index contributed by atoms with van der Waals surface area (Å²) in [6.07, 6.45) is 4.57. The number of hydrogen-bond acceptors (Lipinski definition) is 2. The zero-order chi connectivity index (χ0) is 13.8. The van der Waals surface area contributed by atoms with E-state index in [1.807, 2.05) is 16.8 Å². The minimum atomic E-state index is 0.252. The fraction of sp³-hybridized carbons (Fsp3) is 0.933. The maximum Gasteiger partial charge on any atom is 0.319 e. The zero-order valence-corrected chi connectivity index (χ0v) is 12.8. The highest BCUT2D eigenvalue weighted by atomic mass is 16.2. The maximum absolute atomic E-state index is 12.5. The molecule has 110 valence electrons. The first-order valence-corrected chi connectivity index (χ1v) is 7.86. The molecule has 0 aromatic carbocycles. The van der Waals surface area contributed by atoms with Crippen molar-refractivity contribution in [2.75, 3.05) is 39.8 Å². The topological polar surface area (TPSA) is 26.8 Å². The molecule has 4 heteroatoms. The zero-order valence-electron chi connectivity index (χ0n) is 12.8. The van der Waals surface area contributed by atoms with Gasteiger partial charge in [0.25, 0.3) is 0 Å². The number of amides is 2. The Morgan fingerprint density at radius 2 is 1.68 bits per heavy atom. The largest absolute Gasteiger partial charge is 0.325 e. The molecule has 0 radical (unpaired) electrons. The number of urea groups is 1. The van der Waals surface area contributed by atoms with Crippen molar-refractivity contribution in [3.05, 3.63) is 0 Å². The monoisotopic (exact) mass is 267 g/mol. The quantitative estimate of drug-likeness (QED) is 0.767. The number of likely N-dealkylation sites (tertiary alicyclic amines) is 2. The van der Waals surface area contributed by atoms with E-state index in [1.54, 1.807) is 0 Å². The summed E-state index contributed by atoms with van der Waals surface area (Å²) in [5.41, 5.74) is 0. The van der Waals surface area contributed by atoms with Crippen LogP contribution in [0.2, 0.25) is 0 Å². The maximum atomic E-state index is 12.5. The third kappa shape index (κ3) is 3.62. The lowest BCUT2D eigenvalue weighted by Gasteiger charge is -2.40. The van der Waals surface area contributed by atoms with E-state index in [2.05, 4.69) is 18.7 Å². The van der Waals surface area contributed by atoms with Gasteiger partial charge in [0.15, 0.2) is 0 Å². The molecule has 2 saturated heterocycles. The van der Waals surface area contributed by atoms with Gasteiger partial charge >= 0.3 is 6.03 Å². The third-order valence-corrected chi connectivity index (χ3v) is 4.91. The molecule has 0 spiro atoms. The summed E-state index contributed by atoms with van der Waals surface area (Å²) in [6.45, 7) is 9.78. The summed E-state index contributed by atoms with van der Waals surface area (Å²) < 4.78 is 0. The van der Waals surface area contributed by atoms with Crippen LogP contribution in [-0.4, -0.2) is 66.5 Å². The lowest BCUT2D eigenvalue weighted by Crippen LogP contribution is -2.51. The lowest BCUT2D eigenvalue weighted by atomic mass is 9.99. The second kappa shape index (κ2) is 6.60. The highest BCUT2D eigenvalue weighted by Crippen LogP contribution is 2.20. The van der Waals surface area contributed by atoms with Crippen LogP contribution in [0.3, 0.4) is 0 Å². The van der Waals surface area contributed by atoms with Crippen LogP contribution in [0.25, 0.3) is 0 Å². The van der Waals surface area contributed by atoms with E-state index in [0.717, 1.165) is 64.3 Å². The number of hydrogen-bond donors (Lipinski definition) is 0. The Labute approximate surface area is 117 Å². The molecule has 0 aromatic heterocycles. The van der Waals surface area contributed by atoms with Crippen molar-refractivity contribution in [2.45, 2.75) is 45.6 Å². The van der Waals surface area contributed by atoms with Gasteiger partial charge in [-0.1, -0.05) is 13.8 Å². The molecule has 0 N–H and O–H groups in total. The molecule has 19 heavy (non-hydrogen) atoms. The Kier molecular flexibility index (Phi) is 5.08. The second-order valence-corrected chi connectivity index (χ2v) is 6.23. The van der Waals surface area contributed by atoms with Crippen molar-refractivity contribution < 1.29 is 4.79 Å². The molecular weight excluding hydrogens is 238 g/mol. The van der Waals surface area contributed by atoms with E-state index < -0.39 is 0 Å². The summed E-state index contributed by atoms with van der Waals surface area (Å²) in [5, 5.41) is 0. The Hall–Kier alpha value is -0.770. The number of nitrogens with zero attached hydrogens (tertiary/aromatic N) is 3. The Morgan fingerprint density at radius 1 is 1.11 bits per heavy atom. The van der Waals surface area contributed by atoms with E-state index >= 15 is 0 Å². The minimum Gasteiger partial charge on any atom is -0.325 e. The van der Waals surface area contributed by atoms with Crippen molar-refractivity contribution in [3.8, 4) is 0 Å². The van der Waals surface area contributed by atoms with Crippen LogP contribution in [0.1, 0.15) is 39.5 Å².